The van der Waals surface area contributed by atoms with Gasteiger partial charge in [0.25, 0.3) is 5.91 Å². The number of methoxy groups -OCH3 is 1. The van der Waals surface area contributed by atoms with E-state index in [0.717, 1.165) is 0 Å². The van der Waals surface area contributed by atoms with Gasteiger partial charge in [0, 0.05) is 19.3 Å². The van der Waals surface area contributed by atoms with E-state index in [9.17, 15) is 4.79 Å². The minimum Gasteiger partial charge on any atom is -0.480 e. The van der Waals surface area contributed by atoms with Crippen LogP contribution in [0.2, 0.25) is 0 Å². The van der Waals surface area contributed by atoms with Crippen LogP contribution in [0.25, 0.3) is 0 Å². The quantitative estimate of drug-likeness (QED) is 0.864. The highest BCUT2D eigenvalue weighted by Crippen LogP contribution is 2.28. The molecule has 0 spiro atoms. The van der Waals surface area contributed by atoms with Gasteiger partial charge in [-0.2, -0.15) is 0 Å². The number of ether oxygens (including phenoxy) is 1. The zero-order valence-corrected chi connectivity index (χ0v) is 11.0. The molecule has 0 bridgehead atoms. The normalized spacial score (nSPS) is 17.5. The zero-order valence-electron chi connectivity index (χ0n) is 11.0. The van der Waals surface area contributed by atoms with E-state index >= 15 is 0 Å². The number of rotatable bonds is 3. The van der Waals surface area contributed by atoms with Gasteiger partial charge in [-0.1, -0.05) is 13.8 Å². The maximum atomic E-state index is 12.3. The van der Waals surface area contributed by atoms with Crippen LogP contribution in [0.4, 0.5) is 0 Å². The first-order valence-corrected chi connectivity index (χ1v) is 6.05. The fraction of sp³-hybridized carbons (Fsp3) is 0.538. The highest BCUT2D eigenvalue weighted by atomic mass is 16.5. The number of aromatic nitrogens is 1. The van der Waals surface area contributed by atoms with Crippen molar-refractivity contribution in [1.29, 1.82) is 0 Å². The summed E-state index contributed by atoms with van der Waals surface area (Å²) in [5.41, 5.74) is 6.41. The minimum atomic E-state index is -0.259. The summed E-state index contributed by atoms with van der Waals surface area (Å²) < 4.78 is 5.09. The smallest absolute Gasteiger partial charge is 0.259 e. The molecular formula is C13H19N3O2. The first-order chi connectivity index (χ1) is 8.48. The summed E-state index contributed by atoms with van der Waals surface area (Å²) >= 11 is 0. The van der Waals surface area contributed by atoms with Gasteiger partial charge in [-0.15, -0.1) is 0 Å². The fourth-order valence-corrected chi connectivity index (χ4v) is 2.06. The maximum absolute atomic E-state index is 12.3. The molecule has 1 aromatic rings. The van der Waals surface area contributed by atoms with Crippen molar-refractivity contribution in [2.45, 2.75) is 19.4 Å². The molecule has 1 saturated heterocycles. The molecule has 2 N–H and O–H groups in total. The summed E-state index contributed by atoms with van der Waals surface area (Å²) in [7, 11) is 1.51. The third kappa shape index (κ3) is 2.06. The van der Waals surface area contributed by atoms with Crippen molar-refractivity contribution in [3.8, 4) is 5.88 Å². The van der Waals surface area contributed by atoms with Gasteiger partial charge in [-0.25, -0.2) is 4.98 Å². The number of nitrogens with zero attached hydrogens (tertiary/aromatic N) is 2. The Morgan fingerprint density at radius 1 is 1.56 bits per heavy atom. The SMILES string of the molecule is COc1ncccc1C(=O)N1CC(N)(C(C)C)C1. The standard InChI is InChI=1S/C13H19N3O2/c1-9(2)13(14)7-16(8-13)12(17)10-5-4-6-15-11(10)18-3/h4-6,9H,7-8,14H2,1-3H3. The number of carbonyl (C=O) groups excluding carboxylic acids is 1. The molecule has 1 aliphatic rings. The Morgan fingerprint density at radius 3 is 2.78 bits per heavy atom. The van der Waals surface area contributed by atoms with Crippen molar-refractivity contribution in [3.05, 3.63) is 23.9 Å². The Morgan fingerprint density at radius 2 is 2.22 bits per heavy atom. The van der Waals surface area contributed by atoms with Crippen LogP contribution in [0.1, 0.15) is 24.2 Å². The van der Waals surface area contributed by atoms with Crippen molar-refractivity contribution in [1.82, 2.24) is 9.88 Å². The molecule has 1 amide bonds. The van der Waals surface area contributed by atoms with E-state index in [0.29, 0.717) is 30.5 Å². The van der Waals surface area contributed by atoms with Gasteiger partial charge in [0.2, 0.25) is 5.88 Å². The Bertz CT molecular complexity index is 453. The Balaban J connectivity index is 2.11. The molecule has 18 heavy (non-hydrogen) atoms. The third-order valence-corrected chi connectivity index (χ3v) is 3.60. The first kappa shape index (κ1) is 12.8. The van der Waals surface area contributed by atoms with E-state index in [1.165, 1.54) is 7.11 Å². The van der Waals surface area contributed by atoms with Crippen LogP contribution in [-0.4, -0.2) is 41.5 Å². The second kappa shape index (κ2) is 4.57. The lowest BCUT2D eigenvalue weighted by atomic mass is 9.80. The molecule has 2 heterocycles. The summed E-state index contributed by atoms with van der Waals surface area (Å²) in [6, 6.07) is 3.45. The van der Waals surface area contributed by atoms with E-state index in [2.05, 4.69) is 18.8 Å². The van der Waals surface area contributed by atoms with Crippen LogP contribution in [0.3, 0.4) is 0 Å². The Labute approximate surface area is 107 Å². The number of likely N-dealkylation sites (tertiary alicyclic amines) is 1. The highest BCUT2D eigenvalue weighted by molar-refractivity contribution is 5.97. The van der Waals surface area contributed by atoms with E-state index in [1.807, 2.05) is 0 Å². The number of carbonyl (C=O) groups is 1. The van der Waals surface area contributed by atoms with Gasteiger partial charge >= 0.3 is 0 Å². The molecule has 98 valence electrons. The number of amides is 1. The summed E-state index contributed by atoms with van der Waals surface area (Å²) in [5, 5.41) is 0. The second-order valence-electron chi connectivity index (χ2n) is 5.11. The second-order valence-corrected chi connectivity index (χ2v) is 5.11. The van der Waals surface area contributed by atoms with Crippen LogP contribution >= 0.6 is 0 Å². The van der Waals surface area contributed by atoms with Crippen LogP contribution in [-0.2, 0) is 0 Å². The molecule has 0 saturated carbocycles. The zero-order chi connectivity index (χ0) is 13.3. The Kier molecular flexibility index (Phi) is 3.26. The molecule has 0 radical (unpaired) electrons. The van der Waals surface area contributed by atoms with Crippen molar-refractivity contribution in [2.24, 2.45) is 11.7 Å². The molecule has 5 heteroatoms. The molecule has 0 aliphatic carbocycles. The Hall–Kier alpha value is -1.62. The molecule has 0 aromatic carbocycles. The van der Waals surface area contributed by atoms with Gasteiger partial charge in [-0.05, 0) is 18.1 Å². The third-order valence-electron chi connectivity index (χ3n) is 3.60. The van der Waals surface area contributed by atoms with Crippen molar-refractivity contribution < 1.29 is 9.53 Å². The molecular weight excluding hydrogens is 230 g/mol. The van der Waals surface area contributed by atoms with E-state index in [-0.39, 0.29) is 11.4 Å². The van der Waals surface area contributed by atoms with Crippen molar-refractivity contribution >= 4 is 5.91 Å². The number of hydrogen-bond acceptors (Lipinski definition) is 4. The number of nitrogens with two attached hydrogens (primary N) is 1. The average molecular weight is 249 g/mol. The molecule has 0 unspecified atom stereocenters. The lowest BCUT2D eigenvalue weighted by Gasteiger charge is -2.50. The van der Waals surface area contributed by atoms with Crippen molar-refractivity contribution in [3.63, 3.8) is 0 Å². The average Bonchev–Trinajstić information content (AvgIpc) is 2.33. The topological polar surface area (TPSA) is 68.5 Å². The molecule has 2 rings (SSSR count). The molecule has 1 aliphatic heterocycles. The van der Waals surface area contributed by atoms with Gasteiger partial charge < -0.3 is 15.4 Å². The number of pyridine rings is 1. The van der Waals surface area contributed by atoms with Crippen LogP contribution in [0.5, 0.6) is 5.88 Å². The van der Waals surface area contributed by atoms with Crippen LogP contribution in [0.15, 0.2) is 18.3 Å². The lowest BCUT2D eigenvalue weighted by molar-refractivity contribution is 0.0271. The van der Waals surface area contributed by atoms with Gasteiger partial charge in [0.15, 0.2) is 0 Å². The summed E-state index contributed by atoms with van der Waals surface area (Å²) in [4.78, 5) is 18.0. The van der Waals surface area contributed by atoms with Crippen molar-refractivity contribution in [2.75, 3.05) is 20.2 Å². The monoisotopic (exact) mass is 249 g/mol. The van der Waals surface area contributed by atoms with E-state index in [4.69, 9.17) is 10.5 Å². The predicted molar refractivity (Wildman–Crippen MR) is 68.4 cm³/mol. The first-order valence-electron chi connectivity index (χ1n) is 6.05. The van der Waals surface area contributed by atoms with E-state index in [1.54, 1.807) is 23.2 Å². The van der Waals surface area contributed by atoms with Gasteiger partial charge in [-0.3, -0.25) is 4.79 Å². The summed E-state index contributed by atoms with van der Waals surface area (Å²) in [6.45, 7) is 5.32. The molecule has 1 fully saturated rings. The molecule has 5 nitrogen and oxygen atoms in total. The summed E-state index contributed by atoms with van der Waals surface area (Å²) in [6.07, 6.45) is 1.60. The van der Waals surface area contributed by atoms with Gasteiger partial charge in [0.1, 0.15) is 5.56 Å². The highest BCUT2D eigenvalue weighted by Gasteiger charge is 2.44. The molecule has 1 aromatic heterocycles. The summed E-state index contributed by atoms with van der Waals surface area (Å²) in [5.74, 6) is 0.653. The lowest BCUT2D eigenvalue weighted by Crippen LogP contribution is -2.71. The fourth-order valence-electron chi connectivity index (χ4n) is 2.06. The predicted octanol–water partition coefficient (Wildman–Crippen LogP) is 0.900. The molecule has 0 atom stereocenters. The van der Waals surface area contributed by atoms with Crippen LogP contribution < -0.4 is 10.5 Å². The maximum Gasteiger partial charge on any atom is 0.259 e. The van der Waals surface area contributed by atoms with Crippen LogP contribution in [0, 0.1) is 5.92 Å². The minimum absolute atomic E-state index is 0.0679. The van der Waals surface area contributed by atoms with E-state index < -0.39 is 0 Å². The number of hydrogen-bond donors (Lipinski definition) is 1. The largest absolute Gasteiger partial charge is 0.480 e. The van der Waals surface area contributed by atoms with Gasteiger partial charge in [0.05, 0.1) is 12.6 Å².